The van der Waals surface area contributed by atoms with Crippen LogP contribution in [0.5, 0.6) is 11.5 Å². The molecule has 0 aliphatic rings. The van der Waals surface area contributed by atoms with Crippen LogP contribution >= 0.6 is 0 Å². The smallest absolute Gasteiger partial charge is 0.169 e. The molecule has 21 heavy (non-hydrogen) atoms. The lowest BCUT2D eigenvalue weighted by molar-refractivity contribution is -0.0989. The van der Waals surface area contributed by atoms with Crippen molar-refractivity contribution in [1.29, 1.82) is 0 Å². The fourth-order valence-electron chi connectivity index (χ4n) is 1.86. The third kappa shape index (κ3) is 6.33. The van der Waals surface area contributed by atoms with E-state index in [4.69, 9.17) is 18.9 Å². The molecule has 0 atom stereocenters. The Morgan fingerprint density at radius 1 is 1.05 bits per heavy atom. The second kappa shape index (κ2) is 10.4. The first-order valence-electron chi connectivity index (χ1n) is 7.39. The Morgan fingerprint density at radius 3 is 2.43 bits per heavy atom. The van der Waals surface area contributed by atoms with Crippen molar-refractivity contribution in [2.24, 2.45) is 0 Å². The molecule has 0 unspecified atom stereocenters. The summed E-state index contributed by atoms with van der Waals surface area (Å²) in [6.07, 6.45) is 0.744. The van der Waals surface area contributed by atoms with Crippen LogP contribution in [0.3, 0.4) is 0 Å². The Morgan fingerprint density at radius 2 is 1.81 bits per heavy atom. The molecule has 5 heteroatoms. The number of methoxy groups -OCH3 is 2. The lowest BCUT2D eigenvalue weighted by atomic mass is 10.2. The third-order valence-electron chi connectivity index (χ3n) is 2.94. The summed E-state index contributed by atoms with van der Waals surface area (Å²) in [6, 6.07) is 6.01. The molecule has 0 bridgehead atoms. The van der Waals surface area contributed by atoms with Crippen LogP contribution in [-0.4, -0.2) is 40.3 Å². The standard InChI is InChI=1S/C16H27NO4/c1-5-9-21-14-8-7-13(10-15(14)20-6-2)11-17-12-16(18-3)19-4/h7-8,10,16-17H,5-6,9,11-12H2,1-4H3. The van der Waals surface area contributed by atoms with E-state index in [2.05, 4.69) is 12.2 Å². The minimum atomic E-state index is -0.233. The van der Waals surface area contributed by atoms with Crippen LogP contribution in [0, 0.1) is 0 Å². The molecule has 0 fully saturated rings. The molecule has 0 spiro atoms. The van der Waals surface area contributed by atoms with Crippen molar-refractivity contribution in [1.82, 2.24) is 5.32 Å². The van der Waals surface area contributed by atoms with Gasteiger partial charge in [0.15, 0.2) is 17.8 Å². The van der Waals surface area contributed by atoms with E-state index in [1.54, 1.807) is 14.2 Å². The predicted octanol–water partition coefficient (Wildman–Crippen LogP) is 2.58. The second-order valence-electron chi connectivity index (χ2n) is 4.59. The third-order valence-corrected chi connectivity index (χ3v) is 2.94. The monoisotopic (exact) mass is 297 g/mol. The summed E-state index contributed by atoms with van der Waals surface area (Å²) in [4.78, 5) is 0. The van der Waals surface area contributed by atoms with Crippen LogP contribution in [0.2, 0.25) is 0 Å². The van der Waals surface area contributed by atoms with Gasteiger partial charge < -0.3 is 24.3 Å². The first kappa shape index (κ1) is 17.8. The molecular formula is C16H27NO4. The minimum absolute atomic E-state index is 0.233. The molecule has 0 aliphatic heterocycles. The van der Waals surface area contributed by atoms with Gasteiger partial charge in [-0.1, -0.05) is 13.0 Å². The van der Waals surface area contributed by atoms with Crippen LogP contribution in [0.25, 0.3) is 0 Å². The van der Waals surface area contributed by atoms with Gasteiger partial charge in [0.2, 0.25) is 0 Å². The number of hydrogen-bond acceptors (Lipinski definition) is 5. The van der Waals surface area contributed by atoms with Crippen molar-refractivity contribution in [2.75, 3.05) is 34.0 Å². The summed E-state index contributed by atoms with van der Waals surface area (Å²) < 4.78 is 21.6. The van der Waals surface area contributed by atoms with Crippen molar-refractivity contribution in [3.05, 3.63) is 23.8 Å². The van der Waals surface area contributed by atoms with Crippen LogP contribution in [0.1, 0.15) is 25.8 Å². The fourth-order valence-corrected chi connectivity index (χ4v) is 1.86. The van der Waals surface area contributed by atoms with Crippen molar-refractivity contribution < 1.29 is 18.9 Å². The largest absolute Gasteiger partial charge is 0.490 e. The van der Waals surface area contributed by atoms with E-state index in [1.807, 2.05) is 25.1 Å². The van der Waals surface area contributed by atoms with E-state index in [-0.39, 0.29) is 6.29 Å². The number of ether oxygens (including phenoxy) is 4. The van der Waals surface area contributed by atoms with Gasteiger partial charge in [-0.25, -0.2) is 0 Å². The van der Waals surface area contributed by atoms with Gasteiger partial charge in [0.25, 0.3) is 0 Å². The van der Waals surface area contributed by atoms with Gasteiger partial charge >= 0.3 is 0 Å². The van der Waals surface area contributed by atoms with Gasteiger partial charge in [-0.15, -0.1) is 0 Å². The summed E-state index contributed by atoms with van der Waals surface area (Å²) in [5.41, 5.74) is 1.13. The maximum absolute atomic E-state index is 5.69. The van der Waals surface area contributed by atoms with Crippen molar-refractivity contribution in [3.63, 3.8) is 0 Å². The molecule has 1 rings (SSSR count). The van der Waals surface area contributed by atoms with E-state index < -0.39 is 0 Å². The molecule has 0 saturated heterocycles. The molecule has 1 N–H and O–H groups in total. The molecule has 0 aromatic heterocycles. The van der Waals surface area contributed by atoms with Crippen molar-refractivity contribution >= 4 is 0 Å². The van der Waals surface area contributed by atoms with Gasteiger partial charge in [-0.2, -0.15) is 0 Å². The number of nitrogens with one attached hydrogen (secondary N) is 1. The maximum atomic E-state index is 5.69. The van der Waals surface area contributed by atoms with E-state index >= 15 is 0 Å². The molecule has 0 amide bonds. The molecule has 1 aromatic carbocycles. The lowest BCUT2D eigenvalue weighted by Crippen LogP contribution is -2.29. The highest BCUT2D eigenvalue weighted by molar-refractivity contribution is 5.43. The average Bonchev–Trinajstić information content (AvgIpc) is 2.51. The Balaban J connectivity index is 2.60. The molecule has 0 aliphatic carbocycles. The van der Waals surface area contributed by atoms with Gasteiger partial charge in [0.05, 0.1) is 13.2 Å². The highest BCUT2D eigenvalue weighted by atomic mass is 16.7. The van der Waals surface area contributed by atoms with Crippen LogP contribution < -0.4 is 14.8 Å². The van der Waals surface area contributed by atoms with E-state index in [0.717, 1.165) is 30.0 Å². The Labute approximate surface area is 127 Å². The quantitative estimate of drug-likeness (QED) is 0.636. The lowest BCUT2D eigenvalue weighted by Gasteiger charge is -2.15. The SMILES string of the molecule is CCCOc1ccc(CNCC(OC)OC)cc1OCC. The zero-order valence-corrected chi connectivity index (χ0v) is 13.5. The molecule has 120 valence electrons. The highest BCUT2D eigenvalue weighted by Crippen LogP contribution is 2.28. The first-order valence-corrected chi connectivity index (χ1v) is 7.39. The number of hydrogen-bond donors (Lipinski definition) is 1. The van der Waals surface area contributed by atoms with Crippen LogP contribution in [-0.2, 0) is 16.0 Å². The normalized spacial score (nSPS) is 10.9. The second-order valence-corrected chi connectivity index (χ2v) is 4.59. The predicted molar refractivity (Wildman–Crippen MR) is 82.9 cm³/mol. The minimum Gasteiger partial charge on any atom is -0.490 e. The maximum Gasteiger partial charge on any atom is 0.169 e. The summed E-state index contributed by atoms with van der Waals surface area (Å²) in [5.74, 6) is 1.59. The summed E-state index contributed by atoms with van der Waals surface area (Å²) in [7, 11) is 3.26. The summed E-state index contributed by atoms with van der Waals surface area (Å²) in [6.45, 7) is 6.72. The first-order chi connectivity index (χ1) is 10.2. The molecule has 0 heterocycles. The van der Waals surface area contributed by atoms with Crippen LogP contribution in [0.15, 0.2) is 18.2 Å². The van der Waals surface area contributed by atoms with Crippen LogP contribution in [0.4, 0.5) is 0 Å². The van der Waals surface area contributed by atoms with Crippen molar-refractivity contribution in [3.8, 4) is 11.5 Å². The van der Waals surface area contributed by atoms with E-state index in [0.29, 0.717) is 19.8 Å². The van der Waals surface area contributed by atoms with E-state index in [9.17, 15) is 0 Å². The highest BCUT2D eigenvalue weighted by Gasteiger charge is 2.08. The topological polar surface area (TPSA) is 49.0 Å². The zero-order chi connectivity index (χ0) is 15.5. The van der Waals surface area contributed by atoms with Gasteiger partial charge in [-0.05, 0) is 31.0 Å². The number of benzene rings is 1. The summed E-state index contributed by atoms with van der Waals surface area (Å²) >= 11 is 0. The Hall–Kier alpha value is -1.30. The Bertz CT molecular complexity index is 394. The van der Waals surface area contributed by atoms with E-state index in [1.165, 1.54) is 0 Å². The molecular weight excluding hydrogens is 270 g/mol. The Kier molecular flexibility index (Phi) is 8.82. The van der Waals surface area contributed by atoms with Gasteiger partial charge in [-0.3, -0.25) is 0 Å². The fraction of sp³-hybridized carbons (Fsp3) is 0.625. The average molecular weight is 297 g/mol. The van der Waals surface area contributed by atoms with Gasteiger partial charge in [0, 0.05) is 27.3 Å². The number of rotatable bonds is 11. The molecule has 5 nitrogen and oxygen atoms in total. The molecule has 1 aromatic rings. The van der Waals surface area contributed by atoms with Crippen molar-refractivity contribution in [2.45, 2.75) is 33.1 Å². The van der Waals surface area contributed by atoms with Gasteiger partial charge in [0.1, 0.15) is 0 Å². The zero-order valence-electron chi connectivity index (χ0n) is 13.5. The molecule has 0 radical (unpaired) electrons. The summed E-state index contributed by atoms with van der Waals surface area (Å²) in [5, 5.41) is 3.29. The molecule has 0 saturated carbocycles.